The molecule has 3 N–H and O–H groups in total. The summed E-state index contributed by atoms with van der Waals surface area (Å²) in [6, 6.07) is 22.3. The second-order valence-electron chi connectivity index (χ2n) is 3.85. The average molecular weight is 237 g/mol. The second-order valence-corrected chi connectivity index (χ2v) is 3.85. The van der Waals surface area contributed by atoms with Gasteiger partial charge in [-0.05, 0) is 18.2 Å². The summed E-state index contributed by atoms with van der Waals surface area (Å²) < 4.78 is 1.89. The molecular weight excluding hydrogens is 222 g/mol. The number of benzene rings is 2. The first-order chi connectivity index (χ1) is 8.43. The molecule has 0 spiro atoms. The molecule has 0 amide bonds. The molecule has 3 heteroatoms. The van der Waals surface area contributed by atoms with Gasteiger partial charge in [0.15, 0.2) is 0 Å². The highest BCUT2D eigenvalue weighted by Gasteiger charge is 2.02. The standard InChI is InChI=1S/C15H12N2.H3N/c1-3-7-13(8-4-1)15-11-12-17(16-15)14-9-5-2-6-10-14;/h1-12H;1H3. The van der Waals surface area contributed by atoms with Crippen LogP contribution in [0.1, 0.15) is 0 Å². The predicted octanol–water partition coefficient (Wildman–Crippen LogP) is 3.70. The molecule has 90 valence electrons. The van der Waals surface area contributed by atoms with Crippen LogP contribution in [0.3, 0.4) is 0 Å². The Hall–Kier alpha value is -2.39. The molecule has 1 aromatic heterocycles. The average Bonchev–Trinajstić information content (AvgIpc) is 2.90. The lowest BCUT2D eigenvalue weighted by Crippen LogP contribution is -1.93. The van der Waals surface area contributed by atoms with Crippen LogP contribution in [0.25, 0.3) is 16.9 Å². The van der Waals surface area contributed by atoms with Crippen LogP contribution < -0.4 is 6.15 Å². The van der Waals surface area contributed by atoms with Gasteiger partial charge in [0.2, 0.25) is 0 Å². The lowest BCUT2D eigenvalue weighted by Gasteiger charge is -2.00. The van der Waals surface area contributed by atoms with E-state index in [0.29, 0.717) is 0 Å². The molecule has 0 radical (unpaired) electrons. The molecule has 0 bridgehead atoms. The third-order valence-corrected chi connectivity index (χ3v) is 2.68. The van der Waals surface area contributed by atoms with E-state index in [2.05, 4.69) is 17.2 Å². The van der Waals surface area contributed by atoms with Crippen molar-refractivity contribution in [3.05, 3.63) is 72.9 Å². The van der Waals surface area contributed by atoms with Gasteiger partial charge in [0.1, 0.15) is 0 Å². The summed E-state index contributed by atoms with van der Waals surface area (Å²) >= 11 is 0. The highest BCUT2D eigenvalue weighted by Crippen LogP contribution is 2.17. The summed E-state index contributed by atoms with van der Waals surface area (Å²) in [5, 5.41) is 4.57. The van der Waals surface area contributed by atoms with E-state index < -0.39 is 0 Å². The van der Waals surface area contributed by atoms with E-state index in [1.54, 1.807) is 0 Å². The lowest BCUT2D eigenvalue weighted by atomic mass is 10.2. The molecule has 3 rings (SSSR count). The number of hydrogen-bond donors (Lipinski definition) is 1. The Labute approximate surface area is 106 Å². The summed E-state index contributed by atoms with van der Waals surface area (Å²) in [4.78, 5) is 0. The van der Waals surface area contributed by atoms with Crippen LogP contribution in [-0.4, -0.2) is 9.78 Å². The van der Waals surface area contributed by atoms with Crippen molar-refractivity contribution in [1.82, 2.24) is 15.9 Å². The molecule has 0 saturated carbocycles. The van der Waals surface area contributed by atoms with Crippen molar-refractivity contribution >= 4 is 0 Å². The van der Waals surface area contributed by atoms with Crippen LogP contribution in [0.4, 0.5) is 0 Å². The normalized spacial score (nSPS) is 9.78. The Balaban J connectivity index is 0.00000120. The largest absolute Gasteiger partial charge is 0.344 e. The first kappa shape index (κ1) is 12.1. The van der Waals surface area contributed by atoms with Gasteiger partial charge in [-0.2, -0.15) is 5.10 Å². The van der Waals surface area contributed by atoms with E-state index >= 15 is 0 Å². The van der Waals surface area contributed by atoms with E-state index in [9.17, 15) is 0 Å². The first-order valence-electron chi connectivity index (χ1n) is 5.60. The Morgan fingerprint density at radius 1 is 0.722 bits per heavy atom. The van der Waals surface area contributed by atoms with Crippen molar-refractivity contribution in [3.63, 3.8) is 0 Å². The van der Waals surface area contributed by atoms with Gasteiger partial charge < -0.3 is 6.15 Å². The maximum absolute atomic E-state index is 4.57. The van der Waals surface area contributed by atoms with Gasteiger partial charge in [0, 0.05) is 11.8 Å². The summed E-state index contributed by atoms with van der Waals surface area (Å²) in [6.45, 7) is 0. The first-order valence-corrected chi connectivity index (χ1v) is 5.60. The number of aromatic nitrogens is 2. The van der Waals surface area contributed by atoms with Crippen molar-refractivity contribution in [2.75, 3.05) is 0 Å². The monoisotopic (exact) mass is 237 g/mol. The Morgan fingerprint density at radius 3 is 2.00 bits per heavy atom. The summed E-state index contributed by atoms with van der Waals surface area (Å²) in [5.74, 6) is 0. The molecule has 3 nitrogen and oxygen atoms in total. The fourth-order valence-electron chi connectivity index (χ4n) is 1.81. The Morgan fingerprint density at radius 2 is 1.33 bits per heavy atom. The fourth-order valence-corrected chi connectivity index (χ4v) is 1.81. The van der Waals surface area contributed by atoms with Crippen molar-refractivity contribution in [2.45, 2.75) is 0 Å². The third kappa shape index (κ3) is 2.31. The Bertz CT molecular complexity index is 546. The zero-order valence-corrected chi connectivity index (χ0v) is 10.0. The van der Waals surface area contributed by atoms with Gasteiger partial charge in [-0.3, -0.25) is 0 Å². The minimum absolute atomic E-state index is 0. The molecule has 3 aromatic rings. The smallest absolute Gasteiger partial charge is 0.0927 e. The summed E-state index contributed by atoms with van der Waals surface area (Å²) in [7, 11) is 0. The molecular formula is C15H15N3. The second kappa shape index (κ2) is 5.29. The number of para-hydroxylation sites is 1. The van der Waals surface area contributed by atoms with Gasteiger partial charge >= 0.3 is 0 Å². The highest BCUT2D eigenvalue weighted by atomic mass is 15.3. The van der Waals surface area contributed by atoms with Gasteiger partial charge in [-0.1, -0.05) is 48.5 Å². The van der Waals surface area contributed by atoms with E-state index in [1.807, 2.05) is 65.5 Å². The van der Waals surface area contributed by atoms with Gasteiger partial charge in [0.25, 0.3) is 0 Å². The van der Waals surface area contributed by atoms with Gasteiger partial charge in [-0.15, -0.1) is 0 Å². The molecule has 0 aliphatic carbocycles. The van der Waals surface area contributed by atoms with E-state index in [-0.39, 0.29) is 6.15 Å². The van der Waals surface area contributed by atoms with E-state index in [1.165, 1.54) is 0 Å². The molecule has 0 aliphatic heterocycles. The predicted molar refractivity (Wildman–Crippen MR) is 74.0 cm³/mol. The molecule has 0 fully saturated rings. The van der Waals surface area contributed by atoms with Crippen LogP contribution in [0.5, 0.6) is 0 Å². The van der Waals surface area contributed by atoms with Crippen LogP contribution in [-0.2, 0) is 0 Å². The highest BCUT2D eigenvalue weighted by molar-refractivity contribution is 5.58. The lowest BCUT2D eigenvalue weighted by molar-refractivity contribution is 0.884. The number of rotatable bonds is 2. The molecule has 2 aromatic carbocycles. The maximum Gasteiger partial charge on any atom is 0.0927 e. The molecule has 0 unspecified atom stereocenters. The zero-order valence-electron chi connectivity index (χ0n) is 10.0. The van der Waals surface area contributed by atoms with Crippen molar-refractivity contribution in [2.24, 2.45) is 0 Å². The van der Waals surface area contributed by atoms with Crippen LogP contribution in [0, 0.1) is 0 Å². The molecule has 18 heavy (non-hydrogen) atoms. The Kier molecular flexibility index (Phi) is 3.55. The SMILES string of the molecule is N.c1ccc(-c2ccn(-c3ccccc3)n2)cc1. The molecule has 0 atom stereocenters. The fraction of sp³-hybridized carbons (Fsp3) is 0. The topological polar surface area (TPSA) is 52.8 Å². The summed E-state index contributed by atoms with van der Waals surface area (Å²) in [6.07, 6.45) is 1.98. The molecule has 1 heterocycles. The number of hydrogen-bond acceptors (Lipinski definition) is 2. The van der Waals surface area contributed by atoms with Crippen LogP contribution in [0.15, 0.2) is 72.9 Å². The molecule has 0 aliphatic rings. The van der Waals surface area contributed by atoms with E-state index in [4.69, 9.17) is 0 Å². The minimum atomic E-state index is 0. The van der Waals surface area contributed by atoms with E-state index in [0.717, 1.165) is 16.9 Å². The van der Waals surface area contributed by atoms with Crippen molar-refractivity contribution < 1.29 is 0 Å². The summed E-state index contributed by atoms with van der Waals surface area (Å²) in [5.41, 5.74) is 3.21. The van der Waals surface area contributed by atoms with Gasteiger partial charge in [-0.25, -0.2) is 4.68 Å². The van der Waals surface area contributed by atoms with Crippen molar-refractivity contribution in [3.8, 4) is 16.9 Å². The zero-order chi connectivity index (χ0) is 11.5. The minimum Gasteiger partial charge on any atom is -0.344 e. The maximum atomic E-state index is 4.57. The van der Waals surface area contributed by atoms with Crippen molar-refractivity contribution in [1.29, 1.82) is 0 Å². The number of nitrogens with zero attached hydrogens (tertiary/aromatic N) is 2. The van der Waals surface area contributed by atoms with Crippen LogP contribution in [0.2, 0.25) is 0 Å². The van der Waals surface area contributed by atoms with Crippen LogP contribution >= 0.6 is 0 Å². The third-order valence-electron chi connectivity index (χ3n) is 2.68. The van der Waals surface area contributed by atoms with Gasteiger partial charge in [0.05, 0.1) is 11.4 Å². The quantitative estimate of drug-likeness (QED) is 0.738. The molecule has 0 saturated heterocycles.